The summed E-state index contributed by atoms with van der Waals surface area (Å²) in [4.78, 5) is 0. The standard InChI is InChI=1S/C12H15ClO/c1-4-5-9(2)10-6-7-12(14-3)11(13)8-10/h4,6-9H,1,5H2,2-3H3. The molecule has 0 heterocycles. The molecule has 0 N–H and O–H groups in total. The van der Waals surface area contributed by atoms with Crippen LogP contribution in [0.1, 0.15) is 24.8 Å². The maximum Gasteiger partial charge on any atom is 0.137 e. The van der Waals surface area contributed by atoms with Gasteiger partial charge in [0.15, 0.2) is 0 Å². The second-order valence-corrected chi connectivity index (χ2v) is 3.73. The summed E-state index contributed by atoms with van der Waals surface area (Å²) in [6.45, 7) is 5.88. The molecule has 0 aliphatic carbocycles. The minimum atomic E-state index is 0.455. The minimum Gasteiger partial charge on any atom is -0.495 e. The first kappa shape index (κ1) is 11.1. The van der Waals surface area contributed by atoms with Crippen molar-refractivity contribution in [1.29, 1.82) is 0 Å². The molecule has 0 fully saturated rings. The Kier molecular flexibility index (Phi) is 4.02. The van der Waals surface area contributed by atoms with E-state index in [1.807, 2.05) is 24.3 Å². The van der Waals surface area contributed by atoms with Crippen molar-refractivity contribution in [3.05, 3.63) is 41.4 Å². The second kappa shape index (κ2) is 5.06. The fraction of sp³-hybridized carbons (Fsp3) is 0.333. The van der Waals surface area contributed by atoms with Crippen LogP contribution in [0.15, 0.2) is 30.9 Å². The van der Waals surface area contributed by atoms with E-state index in [-0.39, 0.29) is 0 Å². The molecule has 1 nitrogen and oxygen atoms in total. The van der Waals surface area contributed by atoms with Crippen molar-refractivity contribution in [3.63, 3.8) is 0 Å². The fourth-order valence-electron chi connectivity index (χ4n) is 1.38. The monoisotopic (exact) mass is 210 g/mol. The van der Waals surface area contributed by atoms with Crippen LogP contribution in [0.2, 0.25) is 5.02 Å². The number of benzene rings is 1. The number of allylic oxidation sites excluding steroid dienone is 1. The lowest BCUT2D eigenvalue weighted by Crippen LogP contribution is -1.92. The molecule has 76 valence electrons. The number of rotatable bonds is 4. The van der Waals surface area contributed by atoms with Gasteiger partial charge in [-0.25, -0.2) is 0 Å². The van der Waals surface area contributed by atoms with E-state index in [0.29, 0.717) is 10.9 Å². The summed E-state index contributed by atoms with van der Waals surface area (Å²) in [5.74, 6) is 1.18. The van der Waals surface area contributed by atoms with Gasteiger partial charge in [0.05, 0.1) is 12.1 Å². The molecule has 0 radical (unpaired) electrons. The van der Waals surface area contributed by atoms with Gasteiger partial charge in [0, 0.05) is 0 Å². The molecule has 0 aromatic heterocycles. The quantitative estimate of drug-likeness (QED) is 0.682. The van der Waals surface area contributed by atoms with Crippen molar-refractivity contribution in [2.45, 2.75) is 19.3 Å². The van der Waals surface area contributed by atoms with E-state index in [0.717, 1.165) is 12.2 Å². The van der Waals surface area contributed by atoms with Crippen molar-refractivity contribution in [2.24, 2.45) is 0 Å². The van der Waals surface area contributed by atoms with Crippen molar-refractivity contribution in [3.8, 4) is 5.75 Å². The lowest BCUT2D eigenvalue weighted by atomic mass is 9.98. The van der Waals surface area contributed by atoms with Crippen LogP contribution in [0.3, 0.4) is 0 Å². The Morgan fingerprint density at radius 1 is 1.57 bits per heavy atom. The van der Waals surface area contributed by atoms with E-state index in [1.165, 1.54) is 5.56 Å². The molecule has 1 rings (SSSR count). The summed E-state index contributed by atoms with van der Waals surface area (Å²) in [6.07, 6.45) is 2.88. The third-order valence-corrected chi connectivity index (χ3v) is 2.56. The zero-order valence-corrected chi connectivity index (χ0v) is 9.34. The van der Waals surface area contributed by atoms with E-state index in [1.54, 1.807) is 7.11 Å². The van der Waals surface area contributed by atoms with Gasteiger partial charge in [-0.3, -0.25) is 0 Å². The molecule has 1 unspecified atom stereocenters. The van der Waals surface area contributed by atoms with Gasteiger partial charge in [0.2, 0.25) is 0 Å². The molecular weight excluding hydrogens is 196 g/mol. The van der Waals surface area contributed by atoms with E-state index < -0.39 is 0 Å². The van der Waals surface area contributed by atoms with Gasteiger partial charge in [-0.2, -0.15) is 0 Å². The normalized spacial score (nSPS) is 12.2. The van der Waals surface area contributed by atoms with Crippen LogP contribution >= 0.6 is 11.6 Å². The Morgan fingerprint density at radius 3 is 2.79 bits per heavy atom. The molecule has 0 aliphatic rings. The third-order valence-electron chi connectivity index (χ3n) is 2.27. The molecular formula is C12H15ClO. The van der Waals surface area contributed by atoms with E-state index in [2.05, 4.69) is 13.5 Å². The molecule has 0 saturated heterocycles. The highest BCUT2D eigenvalue weighted by molar-refractivity contribution is 6.32. The van der Waals surface area contributed by atoms with Gasteiger partial charge in [-0.15, -0.1) is 6.58 Å². The highest BCUT2D eigenvalue weighted by Gasteiger charge is 2.06. The van der Waals surface area contributed by atoms with Crippen LogP contribution in [0.5, 0.6) is 5.75 Å². The summed E-state index contributed by atoms with van der Waals surface area (Å²) in [7, 11) is 1.62. The first-order valence-corrected chi connectivity index (χ1v) is 5.01. The van der Waals surface area contributed by atoms with Gasteiger partial charge in [0.25, 0.3) is 0 Å². The molecule has 1 aromatic rings. The lowest BCUT2D eigenvalue weighted by Gasteiger charge is -2.11. The Balaban J connectivity index is 2.90. The van der Waals surface area contributed by atoms with Crippen LogP contribution < -0.4 is 4.74 Å². The average Bonchev–Trinajstić information content (AvgIpc) is 2.18. The minimum absolute atomic E-state index is 0.455. The molecule has 14 heavy (non-hydrogen) atoms. The first-order valence-electron chi connectivity index (χ1n) is 4.63. The predicted molar refractivity (Wildman–Crippen MR) is 61.2 cm³/mol. The molecule has 1 aromatic carbocycles. The second-order valence-electron chi connectivity index (χ2n) is 3.32. The topological polar surface area (TPSA) is 9.23 Å². The van der Waals surface area contributed by atoms with Crippen molar-refractivity contribution >= 4 is 11.6 Å². The van der Waals surface area contributed by atoms with E-state index in [4.69, 9.17) is 16.3 Å². The first-order chi connectivity index (χ1) is 6.69. The van der Waals surface area contributed by atoms with E-state index >= 15 is 0 Å². The molecule has 2 heteroatoms. The lowest BCUT2D eigenvalue weighted by molar-refractivity contribution is 0.415. The average molecular weight is 211 g/mol. The third kappa shape index (κ3) is 2.52. The smallest absolute Gasteiger partial charge is 0.137 e. The summed E-state index contributed by atoms with van der Waals surface area (Å²) < 4.78 is 5.09. The molecule has 0 saturated carbocycles. The molecule has 0 amide bonds. The number of hydrogen-bond acceptors (Lipinski definition) is 1. The summed E-state index contributed by atoms with van der Waals surface area (Å²) in [5.41, 5.74) is 1.22. The number of halogens is 1. The van der Waals surface area contributed by atoms with Crippen LogP contribution in [-0.2, 0) is 0 Å². The number of ether oxygens (including phenoxy) is 1. The zero-order valence-electron chi connectivity index (χ0n) is 8.59. The molecule has 0 aliphatic heterocycles. The SMILES string of the molecule is C=CCC(C)c1ccc(OC)c(Cl)c1. The maximum atomic E-state index is 6.02. The van der Waals surface area contributed by atoms with Gasteiger partial charge < -0.3 is 4.74 Å². The van der Waals surface area contributed by atoms with Gasteiger partial charge in [-0.1, -0.05) is 30.7 Å². The fourth-order valence-corrected chi connectivity index (χ4v) is 1.64. The van der Waals surface area contributed by atoms with Crippen molar-refractivity contribution in [2.75, 3.05) is 7.11 Å². The summed E-state index contributed by atoms with van der Waals surface area (Å²) >= 11 is 6.02. The molecule has 1 atom stereocenters. The van der Waals surface area contributed by atoms with Gasteiger partial charge in [-0.05, 0) is 30.0 Å². The summed E-state index contributed by atoms with van der Waals surface area (Å²) in [6, 6.07) is 5.89. The molecule has 0 spiro atoms. The van der Waals surface area contributed by atoms with Gasteiger partial charge >= 0.3 is 0 Å². The van der Waals surface area contributed by atoms with Crippen LogP contribution in [0.25, 0.3) is 0 Å². The zero-order chi connectivity index (χ0) is 10.6. The predicted octanol–water partition coefficient (Wildman–Crippen LogP) is 4.03. The highest BCUT2D eigenvalue weighted by atomic mass is 35.5. The Labute approximate surface area is 90.3 Å². The molecule has 0 bridgehead atoms. The Hall–Kier alpha value is -0.950. The Morgan fingerprint density at radius 2 is 2.29 bits per heavy atom. The van der Waals surface area contributed by atoms with Crippen molar-refractivity contribution < 1.29 is 4.74 Å². The van der Waals surface area contributed by atoms with Gasteiger partial charge in [0.1, 0.15) is 5.75 Å². The highest BCUT2D eigenvalue weighted by Crippen LogP contribution is 2.29. The largest absolute Gasteiger partial charge is 0.495 e. The van der Waals surface area contributed by atoms with Crippen LogP contribution in [0.4, 0.5) is 0 Å². The number of methoxy groups -OCH3 is 1. The maximum absolute atomic E-state index is 6.02. The Bertz CT molecular complexity index is 320. The van der Waals surface area contributed by atoms with E-state index in [9.17, 15) is 0 Å². The number of hydrogen-bond donors (Lipinski definition) is 0. The van der Waals surface area contributed by atoms with Crippen molar-refractivity contribution in [1.82, 2.24) is 0 Å². The van der Waals surface area contributed by atoms with Crippen LogP contribution in [-0.4, -0.2) is 7.11 Å². The summed E-state index contributed by atoms with van der Waals surface area (Å²) in [5, 5.41) is 0.668. The van der Waals surface area contributed by atoms with Crippen LogP contribution in [0, 0.1) is 0 Å².